The Morgan fingerprint density at radius 3 is 2.85 bits per heavy atom. The first-order valence-electron chi connectivity index (χ1n) is 3.79. The molecule has 0 fully saturated rings. The van der Waals surface area contributed by atoms with E-state index in [0.717, 1.165) is 10.8 Å². The Labute approximate surface area is 74.4 Å². The average molecular weight is 173 g/mol. The number of aromatic nitrogens is 2. The average Bonchev–Trinajstić information content (AvgIpc) is 2.17. The minimum absolute atomic E-state index is 0.220. The van der Waals surface area contributed by atoms with Gasteiger partial charge in [0.2, 0.25) is 0 Å². The zero-order valence-corrected chi connectivity index (χ0v) is 6.77. The maximum Gasteiger partial charge on any atom is 0.269 e. The molecule has 0 aliphatic carbocycles. The topological polar surface area (TPSA) is 68.9 Å². The number of hydrogen-bond donors (Lipinski definition) is 1. The molecule has 0 aliphatic heterocycles. The molecule has 4 heteroatoms. The third-order valence-electron chi connectivity index (χ3n) is 1.80. The highest BCUT2D eigenvalue weighted by atomic mass is 16.1. The van der Waals surface area contributed by atoms with E-state index < -0.39 is 5.91 Å². The summed E-state index contributed by atoms with van der Waals surface area (Å²) in [5, 5.41) is 8.97. The third-order valence-corrected chi connectivity index (χ3v) is 1.80. The maximum absolute atomic E-state index is 10.9. The van der Waals surface area contributed by atoms with E-state index in [1.165, 1.54) is 0 Å². The molecule has 0 aliphatic rings. The lowest BCUT2D eigenvalue weighted by atomic mass is 10.1. The van der Waals surface area contributed by atoms with Gasteiger partial charge in [-0.15, -0.1) is 5.10 Å². The van der Waals surface area contributed by atoms with Gasteiger partial charge in [0, 0.05) is 10.8 Å². The van der Waals surface area contributed by atoms with Crippen LogP contribution in [0, 0.1) is 0 Å². The molecule has 64 valence electrons. The number of rotatable bonds is 1. The van der Waals surface area contributed by atoms with Gasteiger partial charge in [0.15, 0.2) is 5.69 Å². The van der Waals surface area contributed by atoms with E-state index in [1.807, 2.05) is 18.2 Å². The largest absolute Gasteiger partial charge is 0.364 e. The van der Waals surface area contributed by atoms with E-state index in [-0.39, 0.29) is 5.69 Å². The summed E-state index contributed by atoms with van der Waals surface area (Å²) in [5.41, 5.74) is 5.36. The van der Waals surface area contributed by atoms with E-state index in [4.69, 9.17) is 5.73 Å². The van der Waals surface area contributed by atoms with Crippen molar-refractivity contribution in [2.24, 2.45) is 5.73 Å². The Balaban J connectivity index is 2.83. The molecular formula is C9H7N3O. The summed E-state index contributed by atoms with van der Waals surface area (Å²) in [6.45, 7) is 0. The van der Waals surface area contributed by atoms with E-state index in [1.54, 1.807) is 12.3 Å². The molecule has 1 heterocycles. The summed E-state index contributed by atoms with van der Waals surface area (Å²) in [5.74, 6) is -0.552. The Hall–Kier alpha value is -1.97. The number of nitrogens with two attached hydrogens (primary N) is 1. The van der Waals surface area contributed by atoms with Gasteiger partial charge in [-0.05, 0) is 0 Å². The summed E-state index contributed by atoms with van der Waals surface area (Å²) < 4.78 is 0. The Kier molecular flexibility index (Phi) is 1.66. The summed E-state index contributed by atoms with van der Waals surface area (Å²) in [6.07, 6.45) is 1.60. The van der Waals surface area contributed by atoms with E-state index in [2.05, 4.69) is 10.2 Å². The lowest BCUT2D eigenvalue weighted by molar-refractivity contribution is 0.0996. The van der Waals surface area contributed by atoms with Crippen molar-refractivity contribution >= 4 is 16.7 Å². The summed E-state index contributed by atoms with van der Waals surface area (Å²) in [7, 11) is 0. The number of nitrogens with zero attached hydrogens (tertiary/aromatic N) is 2. The van der Waals surface area contributed by atoms with E-state index in [0.29, 0.717) is 0 Å². The van der Waals surface area contributed by atoms with Gasteiger partial charge in [-0.1, -0.05) is 24.3 Å². The Morgan fingerprint density at radius 1 is 1.31 bits per heavy atom. The van der Waals surface area contributed by atoms with Crippen LogP contribution in [-0.4, -0.2) is 16.1 Å². The molecule has 0 saturated heterocycles. The van der Waals surface area contributed by atoms with Crippen LogP contribution in [0.15, 0.2) is 30.5 Å². The van der Waals surface area contributed by atoms with Crippen LogP contribution in [-0.2, 0) is 0 Å². The molecule has 0 unspecified atom stereocenters. The van der Waals surface area contributed by atoms with Crippen LogP contribution in [0.1, 0.15) is 10.5 Å². The second kappa shape index (κ2) is 2.82. The highest BCUT2D eigenvalue weighted by Crippen LogP contribution is 2.13. The van der Waals surface area contributed by atoms with Crippen molar-refractivity contribution in [2.45, 2.75) is 0 Å². The Bertz CT molecular complexity index is 462. The smallest absolute Gasteiger partial charge is 0.269 e. The molecule has 4 nitrogen and oxygen atoms in total. The standard InChI is InChI=1S/C9H7N3O/c10-9(13)8-7-4-2-1-3-6(7)5-11-12-8/h1-5H,(H2,10,13). The van der Waals surface area contributed by atoms with Crippen LogP contribution in [0.2, 0.25) is 0 Å². The van der Waals surface area contributed by atoms with Gasteiger partial charge in [-0.2, -0.15) is 5.10 Å². The van der Waals surface area contributed by atoms with Crippen LogP contribution < -0.4 is 5.73 Å². The highest BCUT2D eigenvalue weighted by molar-refractivity contribution is 6.03. The second-order valence-electron chi connectivity index (χ2n) is 2.64. The number of amides is 1. The first-order valence-corrected chi connectivity index (χ1v) is 3.79. The number of benzene rings is 1. The Morgan fingerprint density at radius 2 is 2.08 bits per heavy atom. The predicted molar refractivity (Wildman–Crippen MR) is 48.1 cm³/mol. The van der Waals surface area contributed by atoms with Crippen LogP contribution in [0.5, 0.6) is 0 Å². The van der Waals surface area contributed by atoms with Crippen LogP contribution in [0.4, 0.5) is 0 Å². The van der Waals surface area contributed by atoms with Crippen LogP contribution in [0.25, 0.3) is 10.8 Å². The molecule has 0 radical (unpaired) electrons. The maximum atomic E-state index is 10.9. The van der Waals surface area contributed by atoms with E-state index >= 15 is 0 Å². The minimum atomic E-state index is -0.552. The van der Waals surface area contributed by atoms with Crippen molar-refractivity contribution < 1.29 is 4.79 Å². The molecule has 2 aromatic rings. The van der Waals surface area contributed by atoms with Gasteiger partial charge in [0.1, 0.15) is 0 Å². The van der Waals surface area contributed by atoms with Gasteiger partial charge in [0.05, 0.1) is 6.20 Å². The lowest BCUT2D eigenvalue weighted by Gasteiger charge is -1.98. The molecule has 1 aromatic heterocycles. The molecule has 1 aromatic carbocycles. The fourth-order valence-electron chi connectivity index (χ4n) is 1.21. The zero-order chi connectivity index (χ0) is 9.26. The summed E-state index contributed by atoms with van der Waals surface area (Å²) in [6, 6.07) is 7.35. The lowest BCUT2D eigenvalue weighted by Crippen LogP contribution is -2.14. The predicted octanol–water partition coefficient (Wildman–Crippen LogP) is 0.729. The van der Waals surface area contributed by atoms with Gasteiger partial charge in [-0.25, -0.2) is 0 Å². The highest BCUT2D eigenvalue weighted by Gasteiger charge is 2.07. The molecule has 0 bridgehead atoms. The van der Waals surface area contributed by atoms with Gasteiger partial charge in [-0.3, -0.25) is 4.79 Å². The monoisotopic (exact) mass is 173 g/mol. The molecule has 0 spiro atoms. The van der Waals surface area contributed by atoms with Gasteiger partial charge < -0.3 is 5.73 Å². The van der Waals surface area contributed by atoms with Crippen molar-refractivity contribution in [1.82, 2.24) is 10.2 Å². The molecule has 0 atom stereocenters. The van der Waals surface area contributed by atoms with Crippen LogP contribution >= 0.6 is 0 Å². The quantitative estimate of drug-likeness (QED) is 0.691. The number of carbonyl (C=O) groups is 1. The first kappa shape index (κ1) is 7.67. The first-order chi connectivity index (χ1) is 6.29. The van der Waals surface area contributed by atoms with Crippen molar-refractivity contribution in [3.05, 3.63) is 36.2 Å². The number of fused-ring (bicyclic) bond motifs is 1. The summed E-state index contributed by atoms with van der Waals surface area (Å²) in [4.78, 5) is 10.9. The molecule has 2 N–H and O–H groups in total. The molecule has 2 rings (SSSR count). The van der Waals surface area contributed by atoms with Gasteiger partial charge >= 0.3 is 0 Å². The second-order valence-corrected chi connectivity index (χ2v) is 2.64. The van der Waals surface area contributed by atoms with Crippen molar-refractivity contribution in [3.63, 3.8) is 0 Å². The summed E-state index contributed by atoms with van der Waals surface area (Å²) >= 11 is 0. The van der Waals surface area contributed by atoms with Crippen molar-refractivity contribution in [3.8, 4) is 0 Å². The molecule has 1 amide bonds. The fraction of sp³-hybridized carbons (Fsp3) is 0. The number of carbonyl (C=O) groups excluding carboxylic acids is 1. The van der Waals surface area contributed by atoms with Crippen molar-refractivity contribution in [1.29, 1.82) is 0 Å². The number of hydrogen-bond acceptors (Lipinski definition) is 3. The third kappa shape index (κ3) is 1.22. The van der Waals surface area contributed by atoms with E-state index in [9.17, 15) is 4.79 Å². The normalized spacial score (nSPS) is 10.2. The fourth-order valence-corrected chi connectivity index (χ4v) is 1.21. The minimum Gasteiger partial charge on any atom is -0.364 e. The SMILES string of the molecule is NC(=O)c1nncc2ccccc12. The molecule has 0 saturated carbocycles. The number of primary amides is 1. The van der Waals surface area contributed by atoms with Crippen LogP contribution in [0.3, 0.4) is 0 Å². The van der Waals surface area contributed by atoms with Gasteiger partial charge in [0.25, 0.3) is 5.91 Å². The zero-order valence-electron chi connectivity index (χ0n) is 6.77. The molecule has 13 heavy (non-hydrogen) atoms. The molecular weight excluding hydrogens is 166 g/mol. The van der Waals surface area contributed by atoms with Crippen molar-refractivity contribution in [2.75, 3.05) is 0 Å².